The SMILES string of the molecule is CCCCNC(=O)[C@H](C)N(Cc1ccccc1Cl)C(=O)COc1cccc(C)c1. The van der Waals surface area contributed by atoms with Gasteiger partial charge in [0.1, 0.15) is 11.8 Å². The summed E-state index contributed by atoms with van der Waals surface area (Å²) in [6.45, 7) is 6.42. The molecule has 0 aromatic heterocycles. The van der Waals surface area contributed by atoms with E-state index >= 15 is 0 Å². The van der Waals surface area contributed by atoms with Gasteiger partial charge in [-0.3, -0.25) is 9.59 Å². The van der Waals surface area contributed by atoms with Gasteiger partial charge in [-0.05, 0) is 49.6 Å². The fraction of sp³-hybridized carbons (Fsp3) is 0.391. The highest BCUT2D eigenvalue weighted by molar-refractivity contribution is 6.31. The number of ether oxygens (including phenoxy) is 1. The third-order valence-electron chi connectivity index (χ3n) is 4.65. The maximum atomic E-state index is 13.0. The summed E-state index contributed by atoms with van der Waals surface area (Å²) in [5.41, 5.74) is 1.83. The Hall–Kier alpha value is -2.53. The van der Waals surface area contributed by atoms with Crippen molar-refractivity contribution in [1.29, 1.82) is 0 Å². The van der Waals surface area contributed by atoms with Gasteiger partial charge >= 0.3 is 0 Å². The fourth-order valence-corrected chi connectivity index (χ4v) is 3.06. The highest BCUT2D eigenvalue weighted by Crippen LogP contribution is 2.19. The predicted molar refractivity (Wildman–Crippen MR) is 116 cm³/mol. The van der Waals surface area contributed by atoms with Gasteiger partial charge in [0.15, 0.2) is 6.61 Å². The largest absolute Gasteiger partial charge is 0.484 e. The number of rotatable bonds is 10. The number of benzene rings is 2. The van der Waals surface area contributed by atoms with Crippen molar-refractivity contribution in [2.45, 2.75) is 46.2 Å². The van der Waals surface area contributed by atoms with Crippen LogP contribution >= 0.6 is 11.6 Å². The average Bonchev–Trinajstić information content (AvgIpc) is 2.71. The minimum atomic E-state index is -0.642. The van der Waals surface area contributed by atoms with Gasteiger partial charge in [0, 0.05) is 18.1 Å². The van der Waals surface area contributed by atoms with Gasteiger partial charge in [-0.2, -0.15) is 0 Å². The van der Waals surface area contributed by atoms with Gasteiger partial charge in [0.05, 0.1) is 0 Å². The normalized spacial score (nSPS) is 11.6. The number of unbranched alkanes of at least 4 members (excludes halogenated alkanes) is 1. The predicted octanol–water partition coefficient (Wildman–Crippen LogP) is 4.36. The molecule has 0 bridgehead atoms. The summed E-state index contributed by atoms with van der Waals surface area (Å²) in [6.07, 6.45) is 1.88. The van der Waals surface area contributed by atoms with Crippen LogP contribution in [-0.2, 0) is 16.1 Å². The quantitative estimate of drug-likeness (QED) is 0.585. The summed E-state index contributed by atoms with van der Waals surface area (Å²) in [4.78, 5) is 27.1. The lowest BCUT2D eigenvalue weighted by Crippen LogP contribution is -2.49. The Labute approximate surface area is 178 Å². The summed E-state index contributed by atoms with van der Waals surface area (Å²) in [7, 11) is 0. The van der Waals surface area contributed by atoms with Crippen LogP contribution in [0.5, 0.6) is 5.75 Å². The molecule has 2 aromatic rings. The van der Waals surface area contributed by atoms with Gasteiger partial charge in [-0.25, -0.2) is 0 Å². The van der Waals surface area contributed by atoms with Crippen LogP contribution in [0.4, 0.5) is 0 Å². The first-order chi connectivity index (χ1) is 13.9. The Balaban J connectivity index is 2.12. The van der Waals surface area contributed by atoms with Crippen LogP contribution in [0.15, 0.2) is 48.5 Å². The number of hydrogen-bond acceptors (Lipinski definition) is 3. The van der Waals surface area contributed by atoms with Crippen LogP contribution in [-0.4, -0.2) is 35.9 Å². The Morgan fingerprint density at radius 3 is 2.62 bits per heavy atom. The molecule has 0 unspecified atom stereocenters. The number of aryl methyl sites for hydroxylation is 1. The van der Waals surface area contributed by atoms with E-state index < -0.39 is 6.04 Å². The zero-order chi connectivity index (χ0) is 21.2. The molecule has 0 spiro atoms. The Kier molecular flexibility index (Phi) is 9.00. The second-order valence-electron chi connectivity index (χ2n) is 7.04. The molecular weight excluding hydrogens is 388 g/mol. The number of carbonyl (C=O) groups excluding carboxylic acids is 2. The molecular formula is C23H29ClN2O3. The molecule has 6 heteroatoms. The maximum Gasteiger partial charge on any atom is 0.261 e. The van der Waals surface area contributed by atoms with E-state index in [9.17, 15) is 9.59 Å². The van der Waals surface area contributed by atoms with E-state index in [1.54, 1.807) is 19.1 Å². The summed E-state index contributed by atoms with van der Waals surface area (Å²) < 4.78 is 5.67. The average molecular weight is 417 g/mol. The highest BCUT2D eigenvalue weighted by Gasteiger charge is 2.26. The molecule has 0 saturated heterocycles. The zero-order valence-electron chi connectivity index (χ0n) is 17.3. The summed E-state index contributed by atoms with van der Waals surface area (Å²) in [5.74, 6) is 0.162. The lowest BCUT2D eigenvalue weighted by atomic mass is 10.1. The lowest BCUT2D eigenvalue weighted by molar-refractivity contribution is -0.142. The van der Waals surface area contributed by atoms with E-state index in [0.717, 1.165) is 24.0 Å². The van der Waals surface area contributed by atoms with Crippen LogP contribution in [0.1, 0.15) is 37.8 Å². The second kappa shape index (κ2) is 11.5. The van der Waals surface area contributed by atoms with E-state index in [0.29, 0.717) is 17.3 Å². The van der Waals surface area contributed by atoms with Crippen LogP contribution in [0, 0.1) is 6.92 Å². The first kappa shape index (κ1) is 22.8. The molecule has 29 heavy (non-hydrogen) atoms. The van der Waals surface area contributed by atoms with E-state index in [1.165, 1.54) is 4.90 Å². The highest BCUT2D eigenvalue weighted by atomic mass is 35.5. The van der Waals surface area contributed by atoms with Crippen molar-refractivity contribution >= 4 is 23.4 Å². The zero-order valence-corrected chi connectivity index (χ0v) is 18.0. The topological polar surface area (TPSA) is 58.6 Å². The fourth-order valence-electron chi connectivity index (χ4n) is 2.86. The van der Waals surface area contributed by atoms with E-state index in [2.05, 4.69) is 12.2 Å². The molecule has 156 valence electrons. The molecule has 2 aromatic carbocycles. The third kappa shape index (κ3) is 7.09. The van der Waals surface area contributed by atoms with Crippen LogP contribution < -0.4 is 10.1 Å². The third-order valence-corrected chi connectivity index (χ3v) is 5.02. The molecule has 0 aliphatic carbocycles. The van der Waals surface area contributed by atoms with Crippen LogP contribution in [0.3, 0.4) is 0 Å². The lowest BCUT2D eigenvalue weighted by Gasteiger charge is -2.29. The van der Waals surface area contributed by atoms with Gasteiger partial charge in [-0.1, -0.05) is 55.3 Å². The van der Waals surface area contributed by atoms with Crippen LogP contribution in [0.2, 0.25) is 5.02 Å². The number of hydrogen-bond donors (Lipinski definition) is 1. The van der Waals surface area contributed by atoms with E-state index in [1.807, 2.05) is 43.3 Å². The second-order valence-corrected chi connectivity index (χ2v) is 7.45. The summed E-state index contributed by atoms with van der Waals surface area (Å²) >= 11 is 6.28. The molecule has 0 aliphatic heterocycles. The maximum absolute atomic E-state index is 13.0. The number of nitrogens with one attached hydrogen (secondary N) is 1. The van der Waals surface area contributed by atoms with Gasteiger partial charge in [0.25, 0.3) is 5.91 Å². The molecule has 1 N–H and O–H groups in total. The molecule has 0 fully saturated rings. The Morgan fingerprint density at radius 2 is 1.93 bits per heavy atom. The van der Waals surface area contributed by atoms with Gasteiger partial charge in [0.2, 0.25) is 5.91 Å². The molecule has 1 atom stereocenters. The first-order valence-corrected chi connectivity index (χ1v) is 10.3. The van der Waals surface area contributed by atoms with Crippen molar-refractivity contribution in [3.63, 3.8) is 0 Å². The minimum Gasteiger partial charge on any atom is -0.484 e. The summed E-state index contributed by atoms with van der Waals surface area (Å²) in [6, 6.07) is 14.2. The van der Waals surface area contributed by atoms with Crippen molar-refractivity contribution in [1.82, 2.24) is 10.2 Å². The number of carbonyl (C=O) groups is 2. The van der Waals surface area contributed by atoms with Crippen molar-refractivity contribution < 1.29 is 14.3 Å². The summed E-state index contributed by atoms with van der Waals surface area (Å²) in [5, 5.41) is 3.45. The van der Waals surface area contributed by atoms with Crippen molar-refractivity contribution in [2.24, 2.45) is 0 Å². The molecule has 2 amide bonds. The number of amides is 2. The Morgan fingerprint density at radius 1 is 1.17 bits per heavy atom. The van der Waals surface area contributed by atoms with E-state index in [4.69, 9.17) is 16.3 Å². The minimum absolute atomic E-state index is 0.152. The molecule has 0 aliphatic rings. The molecule has 0 radical (unpaired) electrons. The first-order valence-electron chi connectivity index (χ1n) is 9.92. The smallest absolute Gasteiger partial charge is 0.261 e. The Bertz CT molecular complexity index is 825. The standard InChI is InChI=1S/C23H29ClN2O3/c1-4-5-13-25-23(28)18(3)26(15-19-10-6-7-12-21(19)24)22(27)16-29-20-11-8-9-17(2)14-20/h6-12,14,18H,4-5,13,15-16H2,1-3H3,(H,25,28)/t18-/m0/s1. The van der Waals surface area contributed by atoms with Gasteiger partial charge in [-0.15, -0.1) is 0 Å². The molecule has 0 heterocycles. The number of nitrogens with zero attached hydrogens (tertiary/aromatic N) is 1. The van der Waals surface area contributed by atoms with E-state index in [-0.39, 0.29) is 25.0 Å². The van der Waals surface area contributed by atoms with Crippen molar-refractivity contribution in [3.05, 3.63) is 64.7 Å². The number of halogens is 1. The van der Waals surface area contributed by atoms with Crippen LogP contribution in [0.25, 0.3) is 0 Å². The van der Waals surface area contributed by atoms with Crippen molar-refractivity contribution in [2.75, 3.05) is 13.2 Å². The molecule has 2 rings (SSSR count). The molecule has 5 nitrogen and oxygen atoms in total. The van der Waals surface area contributed by atoms with Crippen molar-refractivity contribution in [3.8, 4) is 5.75 Å². The molecule has 0 saturated carbocycles. The monoisotopic (exact) mass is 416 g/mol. The van der Waals surface area contributed by atoms with Gasteiger partial charge < -0.3 is 15.0 Å².